The third-order valence-corrected chi connectivity index (χ3v) is 4.50. The van der Waals surface area contributed by atoms with Crippen molar-refractivity contribution in [2.45, 2.75) is 51.9 Å². The molecule has 1 aliphatic rings. The number of rotatable bonds is 1. The van der Waals surface area contributed by atoms with Crippen molar-refractivity contribution in [2.75, 3.05) is 13.2 Å². The van der Waals surface area contributed by atoms with Crippen LogP contribution in [0.25, 0.3) is 10.9 Å². The van der Waals surface area contributed by atoms with Crippen molar-refractivity contribution in [3.63, 3.8) is 0 Å². The number of hydrogen-bond acceptors (Lipinski definition) is 2. The van der Waals surface area contributed by atoms with Crippen LogP contribution < -0.4 is 0 Å². The minimum Gasteiger partial charge on any atom is -0.381 e. The molecule has 2 heterocycles. The zero-order chi connectivity index (χ0) is 15.0. The minimum absolute atomic E-state index is 0.173. The van der Waals surface area contributed by atoms with E-state index in [1.165, 1.54) is 16.5 Å². The van der Waals surface area contributed by atoms with Crippen LogP contribution in [0.2, 0.25) is 0 Å². The van der Waals surface area contributed by atoms with Gasteiger partial charge in [0.15, 0.2) is 0 Å². The highest BCUT2D eigenvalue weighted by Crippen LogP contribution is 2.34. The normalized spacial score (nSPS) is 17.3. The highest BCUT2D eigenvalue weighted by molar-refractivity contribution is 5.84. The lowest BCUT2D eigenvalue weighted by Gasteiger charge is -2.25. The molecule has 0 spiro atoms. The largest absolute Gasteiger partial charge is 0.381 e. The number of benzene rings is 1. The van der Waals surface area contributed by atoms with E-state index >= 15 is 0 Å². The van der Waals surface area contributed by atoms with Gasteiger partial charge in [-0.1, -0.05) is 26.8 Å². The first-order chi connectivity index (χ1) is 9.95. The second-order valence-electron chi connectivity index (χ2n) is 7.22. The first-order valence-electron chi connectivity index (χ1n) is 7.95. The van der Waals surface area contributed by atoms with Crippen molar-refractivity contribution >= 4 is 10.9 Å². The van der Waals surface area contributed by atoms with Crippen LogP contribution >= 0.6 is 0 Å². The minimum atomic E-state index is 0.173. The molecule has 1 aromatic heterocycles. The third-order valence-electron chi connectivity index (χ3n) is 4.50. The van der Waals surface area contributed by atoms with Gasteiger partial charge in [-0.05, 0) is 60.4 Å². The summed E-state index contributed by atoms with van der Waals surface area (Å²) in [5.74, 6) is 0.609. The van der Waals surface area contributed by atoms with Gasteiger partial charge in [-0.25, -0.2) is 0 Å². The van der Waals surface area contributed by atoms with Crippen molar-refractivity contribution < 1.29 is 4.74 Å². The molecule has 0 unspecified atom stereocenters. The van der Waals surface area contributed by atoms with Gasteiger partial charge in [-0.2, -0.15) is 0 Å². The Hall–Kier alpha value is -1.41. The summed E-state index contributed by atoms with van der Waals surface area (Å²) in [4.78, 5) is 4.72. The van der Waals surface area contributed by atoms with Gasteiger partial charge in [0, 0.05) is 24.3 Å². The number of fused-ring (bicyclic) bond motifs is 1. The molecule has 0 radical (unpaired) electrons. The fourth-order valence-electron chi connectivity index (χ4n) is 3.20. The summed E-state index contributed by atoms with van der Waals surface area (Å²) in [5, 5.41) is 1.33. The Morgan fingerprint density at radius 3 is 2.48 bits per heavy atom. The number of pyridine rings is 1. The highest BCUT2D eigenvalue weighted by atomic mass is 16.5. The van der Waals surface area contributed by atoms with E-state index in [1.807, 2.05) is 0 Å². The lowest BCUT2D eigenvalue weighted by molar-refractivity contribution is 0.0856. The maximum absolute atomic E-state index is 5.53. The summed E-state index contributed by atoms with van der Waals surface area (Å²) in [5.41, 5.74) is 5.27. The summed E-state index contributed by atoms with van der Waals surface area (Å²) in [6.07, 6.45) is 2.25. The molecule has 0 saturated carbocycles. The van der Waals surface area contributed by atoms with Crippen LogP contribution in [-0.4, -0.2) is 18.2 Å². The molecule has 1 aromatic carbocycles. The van der Waals surface area contributed by atoms with E-state index < -0.39 is 0 Å². The Labute approximate surface area is 127 Å². The topological polar surface area (TPSA) is 22.1 Å². The number of hydrogen-bond donors (Lipinski definition) is 0. The maximum Gasteiger partial charge on any atom is 0.0708 e. The van der Waals surface area contributed by atoms with Crippen molar-refractivity contribution in [3.8, 4) is 0 Å². The molecule has 2 aromatic rings. The van der Waals surface area contributed by atoms with Gasteiger partial charge in [0.2, 0.25) is 0 Å². The average Bonchev–Trinajstić information content (AvgIpc) is 2.46. The predicted molar refractivity (Wildman–Crippen MR) is 88.0 cm³/mol. The summed E-state index contributed by atoms with van der Waals surface area (Å²) >= 11 is 0. The number of aromatic nitrogens is 1. The van der Waals surface area contributed by atoms with Gasteiger partial charge in [0.05, 0.1) is 5.52 Å². The molecular formula is C19H25NO. The van der Waals surface area contributed by atoms with Gasteiger partial charge in [0.25, 0.3) is 0 Å². The Morgan fingerprint density at radius 1 is 1.10 bits per heavy atom. The Morgan fingerprint density at radius 2 is 1.81 bits per heavy atom. The van der Waals surface area contributed by atoms with Crippen LogP contribution in [0.1, 0.15) is 56.4 Å². The summed E-state index contributed by atoms with van der Waals surface area (Å²) in [6.45, 7) is 10.7. The molecule has 3 rings (SSSR count). The molecule has 112 valence electrons. The van der Waals surface area contributed by atoms with E-state index in [4.69, 9.17) is 9.72 Å². The quantitative estimate of drug-likeness (QED) is 0.754. The molecule has 2 nitrogen and oxygen atoms in total. The maximum atomic E-state index is 5.53. The molecular weight excluding hydrogens is 258 g/mol. The number of aryl methyl sites for hydroxylation is 1. The zero-order valence-electron chi connectivity index (χ0n) is 13.6. The molecule has 1 saturated heterocycles. The summed E-state index contributed by atoms with van der Waals surface area (Å²) in [7, 11) is 0. The van der Waals surface area contributed by atoms with Crippen molar-refractivity contribution in [2.24, 2.45) is 0 Å². The first-order valence-corrected chi connectivity index (χ1v) is 7.95. The molecule has 0 atom stereocenters. The van der Waals surface area contributed by atoms with Crippen LogP contribution in [0.15, 0.2) is 24.3 Å². The van der Waals surface area contributed by atoms with E-state index in [0.717, 1.165) is 37.3 Å². The smallest absolute Gasteiger partial charge is 0.0708 e. The predicted octanol–water partition coefficient (Wildman–Crippen LogP) is 4.73. The van der Waals surface area contributed by atoms with E-state index in [1.54, 1.807) is 0 Å². The molecule has 1 aliphatic heterocycles. The standard InChI is InChI=1S/C19H25NO/c1-13-11-16(14-7-9-21-10-8-14)17-12-15(19(2,3)4)5-6-18(17)20-13/h5-6,11-12,14H,7-10H2,1-4H3. The average molecular weight is 283 g/mol. The molecule has 1 fully saturated rings. The van der Waals surface area contributed by atoms with Gasteiger partial charge in [-0.3, -0.25) is 4.98 Å². The molecule has 0 bridgehead atoms. The van der Waals surface area contributed by atoms with Crippen molar-refractivity contribution in [3.05, 3.63) is 41.1 Å². The number of ether oxygens (including phenoxy) is 1. The van der Waals surface area contributed by atoms with Crippen LogP contribution in [0.3, 0.4) is 0 Å². The van der Waals surface area contributed by atoms with Crippen LogP contribution in [0.4, 0.5) is 0 Å². The summed E-state index contributed by atoms with van der Waals surface area (Å²) in [6, 6.07) is 9.05. The van der Waals surface area contributed by atoms with Crippen molar-refractivity contribution in [1.82, 2.24) is 4.98 Å². The van der Waals surface area contributed by atoms with Gasteiger partial charge in [-0.15, -0.1) is 0 Å². The third kappa shape index (κ3) is 2.96. The fourth-order valence-corrected chi connectivity index (χ4v) is 3.20. The first kappa shape index (κ1) is 14.5. The lowest BCUT2D eigenvalue weighted by atomic mass is 9.83. The monoisotopic (exact) mass is 283 g/mol. The van der Waals surface area contributed by atoms with Gasteiger partial charge < -0.3 is 4.74 Å². The Kier molecular flexibility index (Phi) is 3.75. The molecule has 0 amide bonds. The second-order valence-corrected chi connectivity index (χ2v) is 7.22. The van der Waals surface area contributed by atoms with E-state index in [-0.39, 0.29) is 5.41 Å². The van der Waals surface area contributed by atoms with Gasteiger partial charge >= 0.3 is 0 Å². The highest BCUT2D eigenvalue weighted by Gasteiger charge is 2.21. The summed E-state index contributed by atoms with van der Waals surface area (Å²) < 4.78 is 5.53. The van der Waals surface area contributed by atoms with Gasteiger partial charge in [0.1, 0.15) is 0 Å². The van der Waals surface area contributed by atoms with E-state index in [2.05, 4.69) is 52.0 Å². The fraction of sp³-hybridized carbons (Fsp3) is 0.526. The Balaban J connectivity index is 2.16. The van der Waals surface area contributed by atoms with Crippen molar-refractivity contribution in [1.29, 1.82) is 0 Å². The van der Waals surface area contributed by atoms with Crippen LogP contribution in [0.5, 0.6) is 0 Å². The van der Waals surface area contributed by atoms with Crippen LogP contribution in [-0.2, 0) is 10.2 Å². The van der Waals surface area contributed by atoms with E-state index in [0.29, 0.717) is 5.92 Å². The molecule has 2 heteroatoms. The second kappa shape index (κ2) is 5.42. The van der Waals surface area contributed by atoms with E-state index in [9.17, 15) is 0 Å². The molecule has 0 aliphatic carbocycles. The lowest BCUT2D eigenvalue weighted by Crippen LogP contribution is -2.15. The zero-order valence-corrected chi connectivity index (χ0v) is 13.6. The Bertz CT molecular complexity index is 648. The molecule has 21 heavy (non-hydrogen) atoms. The number of nitrogens with zero attached hydrogens (tertiary/aromatic N) is 1. The SMILES string of the molecule is Cc1cc(C2CCOCC2)c2cc(C(C)(C)C)ccc2n1. The van der Waals surface area contributed by atoms with Crippen LogP contribution in [0, 0.1) is 6.92 Å². The molecule has 0 N–H and O–H groups in total.